The average molecular weight is 371 g/mol. The molecule has 3 saturated carbocycles. The zero-order valence-electron chi connectivity index (χ0n) is 16.1. The van der Waals surface area contributed by atoms with Crippen molar-refractivity contribution >= 4 is 17.2 Å². The lowest BCUT2D eigenvalue weighted by Gasteiger charge is -2.60. The Morgan fingerprint density at radius 2 is 2.00 bits per heavy atom. The van der Waals surface area contributed by atoms with Gasteiger partial charge in [-0.05, 0) is 67.8 Å². The fourth-order valence-corrected chi connectivity index (χ4v) is 8.48. The van der Waals surface area contributed by atoms with Crippen molar-refractivity contribution in [2.24, 2.45) is 28.6 Å². The van der Waals surface area contributed by atoms with Crippen molar-refractivity contribution < 1.29 is 4.79 Å². The van der Waals surface area contributed by atoms with Crippen LogP contribution < -0.4 is 0 Å². The number of fused-ring (bicyclic) bond motifs is 5. The van der Waals surface area contributed by atoms with Gasteiger partial charge in [0.15, 0.2) is 0 Å². The third-order valence-electron chi connectivity index (χ3n) is 8.88. The highest BCUT2D eigenvalue weighted by molar-refractivity contribution is 7.09. The van der Waals surface area contributed by atoms with Crippen LogP contribution >= 0.6 is 11.3 Å². The molecule has 0 radical (unpaired) electrons. The molecule has 1 aromatic heterocycles. The first-order valence-corrected chi connectivity index (χ1v) is 11.2. The first kappa shape index (κ1) is 17.0. The molecule has 0 bridgehead atoms. The molecule has 140 valence electrons. The predicted molar refractivity (Wildman–Crippen MR) is 105 cm³/mol. The van der Waals surface area contributed by atoms with Gasteiger partial charge in [0.05, 0.1) is 5.01 Å². The molecule has 1 amide bonds. The summed E-state index contributed by atoms with van der Waals surface area (Å²) in [4.78, 5) is 18.9. The van der Waals surface area contributed by atoms with E-state index in [1.165, 1.54) is 43.5 Å². The van der Waals surface area contributed by atoms with E-state index in [-0.39, 0.29) is 11.3 Å². The molecule has 0 spiro atoms. The van der Waals surface area contributed by atoms with Crippen molar-refractivity contribution in [1.82, 2.24) is 9.88 Å². The van der Waals surface area contributed by atoms with Crippen LogP contribution in [0.4, 0.5) is 0 Å². The molecule has 1 aromatic rings. The number of thiazole rings is 1. The molecule has 2 unspecified atom stereocenters. The minimum atomic E-state index is 0.159. The molecular formula is C22H30N2OS. The number of hydrogen-bond donors (Lipinski definition) is 0. The van der Waals surface area contributed by atoms with Crippen LogP contribution in [-0.2, 0) is 4.79 Å². The van der Waals surface area contributed by atoms with E-state index in [2.05, 4.69) is 25.3 Å². The van der Waals surface area contributed by atoms with Crippen molar-refractivity contribution in [2.45, 2.75) is 64.3 Å². The molecule has 7 atom stereocenters. The fourth-order valence-electron chi connectivity index (χ4n) is 7.55. The van der Waals surface area contributed by atoms with E-state index in [4.69, 9.17) is 4.98 Å². The Labute approximate surface area is 160 Å². The highest BCUT2D eigenvalue weighted by Gasteiger charge is 2.60. The third-order valence-corrected chi connectivity index (χ3v) is 9.77. The molecule has 2 heterocycles. The zero-order valence-corrected chi connectivity index (χ0v) is 17.0. The average Bonchev–Trinajstić information content (AvgIpc) is 3.25. The van der Waals surface area contributed by atoms with Gasteiger partial charge in [0.25, 0.3) is 0 Å². The van der Waals surface area contributed by atoms with E-state index in [1.807, 2.05) is 35.6 Å². The lowest BCUT2D eigenvalue weighted by Crippen LogP contribution is -2.59. The molecule has 4 heteroatoms. The molecule has 26 heavy (non-hydrogen) atoms. The summed E-state index contributed by atoms with van der Waals surface area (Å²) >= 11 is 1.86. The van der Waals surface area contributed by atoms with Crippen LogP contribution in [0.1, 0.15) is 63.3 Å². The maximum atomic E-state index is 12.2. The first-order valence-electron chi connectivity index (χ1n) is 10.3. The van der Waals surface area contributed by atoms with Gasteiger partial charge in [-0.1, -0.05) is 19.9 Å². The van der Waals surface area contributed by atoms with Gasteiger partial charge in [0.1, 0.15) is 0 Å². The van der Waals surface area contributed by atoms with Gasteiger partial charge >= 0.3 is 0 Å². The van der Waals surface area contributed by atoms with E-state index in [0.29, 0.717) is 17.4 Å². The fraction of sp³-hybridized carbons (Fsp3) is 0.727. The van der Waals surface area contributed by atoms with Crippen molar-refractivity contribution in [3.8, 4) is 0 Å². The lowest BCUT2D eigenvalue weighted by molar-refractivity contribution is -0.138. The van der Waals surface area contributed by atoms with E-state index < -0.39 is 0 Å². The molecule has 5 rings (SSSR count). The zero-order chi connectivity index (χ0) is 18.1. The summed E-state index contributed by atoms with van der Waals surface area (Å²) in [7, 11) is 2.01. The monoisotopic (exact) mass is 370 g/mol. The Kier molecular flexibility index (Phi) is 3.70. The number of amides is 1. The van der Waals surface area contributed by atoms with Crippen LogP contribution in [-0.4, -0.2) is 28.9 Å². The Hall–Kier alpha value is -1.16. The molecule has 3 nitrogen and oxygen atoms in total. The second kappa shape index (κ2) is 5.67. The van der Waals surface area contributed by atoms with Crippen LogP contribution in [0.15, 0.2) is 23.7 Å². The van der Waals surface area contributed by atoms with E-state index in [0.717, 1.165) is 17.8 Å². The molecule has 3 aliphatic carbocycles. The number of nitrogens with zero attached hydrogens (tertiary/aromatic N) is 2. The lowest BCUT2D eigenvalue weighted by atomic mass is 9.48. The summed E-state index contributed by atoms with van der Waals surface area (Å²) in [5.41, 5.74) is 0.578. The van der Waals surface area contributed by atoms with Gasteiger partial charge in [-0.25, -0.2) is 4.98 Å². The minimum absolute atomic E-state index is 0.159. The quantitative estimate of drug-likeness (QED) is 0.707. The molecule has 4 aliphatic rings. The minimum Gasteiger partial charge on any atom is -0.338 e. The Balaban J connectivity index is 1.48. The van der Waals surface area contributed by atoms with Gasteiger partial charge in [-0.15, -0.1) is 11.3 Å². The van der Waals surface area contributed by atoms with Gasteiger partial charge in [-0.2, -0.15) is 0 Å². The van der Waals surface area contributed by atoms with Crippen molar-refractivity contribution in [3.63, 3.8) is 0 Å². The molecule has 1 aliphatic heterocycles. The summed E-state index contributed by atoms with van der Waals surface area (Å²) in [6.07, 6.45) is 13.9. The number of carbonyl (C=O) groups is 1. The highest BCUT2D eigenvalue weighted by atomic mass is 32.1. The molecule has 0 N–H and O–H groups in total. The van der Waals surface area contributed by atoms with Gasteiger partial charge < -0.3 is 4.90 Å². The summed E-state index contributed by atoms with van der Waals surface area (Å²) in [6.45, 7) is 5.00. The SMILES string of the molecule is CN1C(=O)C=C[C@@]2(C)C1CC[C@@H]1[C@H]2CC[C@]2(C)C(c3nccs3)CC[C@@H]12. The topological polar surface area (TPSA) is 33.2 Å². The maximum Gasteiger partial charge on any atom is 0.246 e. The van der Waals surface area contributed by atoms with Crippen LogP contribution in [0.2, 0.25) is 0 Å². The summed E-state index contributed by atoms with van der Waals surface area (Å²) in [5.74, 6) is 3.21. The second-order valence-corrected chi connectivity index (χ2v) is 10.6. The Morgan fingerprint density at radius 3 is 2.77 bits per heavy atom. The first-order chi connectivity index (χ1) is 12.4. The number of hydrogen-bond acceptors (Lipinski definition) is 3. The number of aromatic nitrogens is 1. The summed E-state index contributed by atoms with van der Waals surface area (Å²) in [6, 6.07) is 0.391. The molecule has 0 saturated heterocycles. The van der Waals surface area contributed by atoms with Crippen LogP contribution in [0.5, 0.6) is 0 Å². The van der Waals surface area contributed by atoms with Crippen molar-refractivity contribution in [2.75, 3.05) is 7.05 Å². The second-order valence-electron chi connectivity index (χ2n) is 9.66. The standard InChI is InChI=1S/C22H30N2OS/c1-21-10-8-16-14(15(21)5-6-17(21)20-23-12-13-26-20)4-7-18-22(16,2)11-9-19(25)24(18)3/h9,11-18H,4-8,10H2,1-3H3/t14-,15-,16+,17?,18?,21-,22+/m0/s1. The summed E-state index contributed by atoms with van der Waals surface area (Å²) in [5, 5.41) is 3.51. The van der Waals surface area contributed by atoms with E-state index >= 15 is 0 Å². The third kappa shape index (κ3) is 2.11. The molecule has 0 aromatic carbocycles. The molecular weight excluding hydrogens is 340 g/mol. The number of rotatable bonds is 1. The van der Waals surface area contributed by atoms with Gasteiger partial charge in [0, 0.05) is 36.0 Å². The Morgan fingerprint density at radius 1 is 1.15 bits per heavy atom. The van der Waals surface area contributed by atoms with Gasteiger partial charge in [-0.3, -0.25) is 4.79 Å². The van der Waals surface area contributed by atoms with E-state index in [9.17, 15) is 4.79 Å². The normalized spacial score (nSPS) is 47.4. The smallest absolute Gasteiger partial charge is 0.246 e. The number of carbonyl (C=O) groups excluding carboxylic acids is 1. The largest absolute Gasteiger partial charge is 0.338 e. The molecule has 3 fully saturated rings. The maximum absolute atomic E-state index is 12.2. The number of likely N-dealkylation sites (N-methyl/N-ethyl adjacent to an activating group) is 1. The van der Waals surface area contributed by atoms with Crippen molar-refractivity contribution in [1.29, 1.82) is 0 Å². The van der Waals surface area contributed by atoms with E-state index in [1.54, 1.807) is 0 Å². The van der Waals surface area contributed by atoms with Crippen LogP contribution in [0, 0.1) is 28.6 Å². The van der Waals surface area contributed by atoms with Crippen molar-refractivity contribution in [3.05, 3.63) is 28.7 Å². The van der Waals surface area contributed by atoms with Gasteiger partial charge in [0.2, 0.25) is 5.91 Å². The Bertz CT molecular complexity index is 743. The summed E-state index contributed by atoms with van der Waals surface area (Å²) < 4.78 is 0. The highest BCUT2D eigenvalue weighted by Crippen LogP contribution is 2.67. The predicted octanol–water partition coefficient (Wildman–Crippen LogP) is 4.87. The van der Waals surface area contributed by atoms with Crippen LogP contribution in [0.25, 0.3) is 0 Å². The van der Waals surface area contributed by atoms with Crippen LogP contribution in [0.3, 0.4) is 0 Å².